The standard InChI is InChI=1S/C10H12N4O3/c11-3-5-4-12-13-8(5)14-9(15)6-1-2-7(17-6)10(14)16/h4,6-7H,1-3,11H2,(H,12,13). The van der Waals surface area contributed by atoms with Crippen LogP contribution in [0.15, 0.2) is 6.20 Å². The lowest BCUT2D eigenvalue weighted by atomic mass is 10.2. The first-order valence-corrected chi connectivity index (χ1v) is 5.48. The average molecular weight is 236 g/mol. The fourth-order valence-corrected chi connectivity index (χ4v) is 2.26. The molecule has 0 radical (unpaired) electrons. The molecule has 2 aliphatic heterocycles. The van der Waals surface area contributed by atoms with Crippen molar-refractivity contribution in [3.8, 4) is 0 Å². The third-order valence-electron chi connectivity index (χ3n) is 3.15. The van der Waals surface area contributed by atoms with Crippen LogP contribution < -0.4 is 10.6 Å². The van der Waals surface area contributed by atoms with E-state index in [1.807, 2.05) is 0 Å². The molecule has 0 aliphatic carbocycles. The van der Waals surface area contributed by atoms with E-state index in [1.54, 1.807) is 0 Å². The van der Waals surface area contributed by atoms with Crippen LogP contribution in [0.5, 0.6) is 0 Å². The Morgan fingerprint density at radius 1 is 1.41 bits per heavy atom. The summed E-state index contributed by atoms with van der Waals surface area (Å²) in [5, 5.41) is 6.47. The molecule has 2 bridgehead atoms. The van der Waals surface area contributed by atoms with Crippen LogP contribution in [0.1, 0.15) is 18.4 Å². The Kier molecular flexibility index (Phi) is 2.23. The Labute approximate surface area is 96.9 Å². The van der Waals surface area contributed by atoms with Gasteiger partial charge in [0, 0.05) is 12.1 Å². The van der Waals surface area contributed by atoms with E-state index in [0.717, 1.165) is 4.90 Å². The summed E-state index contributed by atoms with van der Waals surface area (Å²) in [6.45, 7) is 0.221. The number of nitrogens with zero attached hydrogens (tertiary/aromatic N) is 2. The molecular formula is C10H12N4O3. The zero-order valence-corrected chi connectivity index (χ0v) is 9.05. The number of carbonyl (C=O) groups is 2. The number of rotatable bonds is 2. The predicted molar refractivity (Wildman–Crippen MR) is 56.9 cm³/mol. The van der Waals surface area contributed by atoms with Gasteiger partial charge in [-0.2, -0.15) is 5.10 Å². The lowest BCUT2D eigenvalue weighted by Crippen LogP contribution is -2.52. The first-order chi connectivity index (χ1) is 8.22. The Morgan fingerprint density at radius 2 is 2.06 bits per heavy atom. The molecule has 0 saturated carbocycles. The van der Waals surface area contributed by atoms with Crippen LogP contribution in [-0.2, 0) is 20.9 Å². The van der Waals surface area contributed by atoms with E-state index in [4.69, 9.17) is 10.5 Å². The number of aromatic nitrogens is 2. The van der Waals surface area contributed by atoms with Gasteiger partial charge in [0.25, 0.3) is 11.8 Å². The number of carbonyl (C=O) groups excluding carboxylic acids is 2. The van der Waals surface area contributed by atoms with Crippen LogP contribution in [0.3, 0.4) is 0 Å². The number of nitrogens with two attached hydrogens (primary N) is 1. The molecule has 3 N–H and O–H groups in total. The molecule has 1 aromatic rings. The largest absolute Gasteiger partial charge is 0.355 e. The summed E-state index contributed by atoms with van der Waals surface area (Å²) in [4.78, 5) is 25.2. The molecular weight excluding hydrogens is 224 g/mol. The van der Waals surface area contributed by atoms with Crippen molar-refractivity contribution in [2.24, 2.45) is 5.73 Å². The maximum atomic E-state index is 12.1. The summed E-state index contributed by atoms with van der Waals surface area (Å²) in [5.74, 6) is -0.284. The molecule has 7 heteroatoms. The molecule has 1 aromatic heterocycles. The normalized spacial score (nSPS) is 27.9. The summed E-state index contributed by atoms with van der Waals surface area (Å²) >= 11 is 0. The number of morpholine rings is 1. The quantitative estimate of drug-likeness (QED) is 0.660. The van der Waals surface area contributed by atoms with Crippen molar-refractivity contribution in [1.82, 2.24) is 10.2 Å². The highest BCUT2D eigenvalue weighted by molar-refractivity contribution is 6.19. The molecule has 2 atom stereocenters. The van der Waals surface area contributed by atoms with Crippen molar-refractivity contribution >= 4 is 17.6 Å². The minimum atomic E-state index is -0.508. The summed E-state index contributed by atoms with van der Waals surface area (Å²) in [6, 6.07) is 0. The fourth-order valence-electron chi connectivity index (χ4n) is 2.26. The van der Waals surface area contributed by atoms with Gasteiger partial charge in [0.05, 0.1) is 6.20 Å². The molecule has 0 aromatic carbocycles. The first kappa shape index (κ1) is 10.4. The Morgan fingerprint density at radius 3 is 2.65 bits per heavy atom. The van der Waals surface area contributed by atoms with Gasteiger partial charge in [-0.1, -0.05) is 0 Å². The van der Waals surface area contributed by atoms with Crippen molar-refractivity contribution in [2.75, 3.05) is 4.90 Å². The van der Waals surface area contributed by atoms with Crippen LogP contribution >= 0.6 is 0 Å². The van der Waals surface area contributed by atoms with Crippen LogP contribution in [0.2, 0.25) is 0 Å². The van der Waals surface area contributed by atoms with Crippen LogP contribution in [0.4, 0.5) is 5.82 Å². The summed E-state index contributed by atoms with van der Waals surface area (Å²) < 4.78 is 5.32. The highest BCUT2D eigenvalue weighted by atomic mass is 16.5. The number of ether oxygens (including phenoxy) is 1. The topological polar surface area (TPSA) is 101 Å². The highest BCUT2D eigenvalue weighted by Crippen LogP contribution is 2.31. The molecule has 17 heavy (non-hydrogen) atoms. The van der Waals surface area contributed by atoms with Crippen molar-refractivity contribution in [1.29, 1.82) is 0 Å². The number of anilines is 1. The smallest absolute Gasteiger partial charge is 0.264 e. The third kappa shape index (κ3) is 1.39. The maximum Gasteiger partial charge on any atom is 0.264 e. The summed E-state index contributed by atoms with van der Waals surface area (Å²) in [5.41, 5.74) is 6.18. The summed E-state index contributed by atoms with van der Waals surface area (Å²) in [6.07, 6.45) is 1.70. The van der Waals surface area contributed by atoms with Gasteiger partial charge in [0.2, 0.25) is 0 Å². The third-order valence-corrected chi connectivity index (χ3v) is 3.15. The van der Waals surface area contributed by atoms with E-state index in [-0.39, 0.29) is 18.4 Å². The van der Waals surface area contributed by atoms with E-state index in [2.05, 4.69) is 10.2 Å². The van der Waals surface area contributed by atoms with Crippen LogP contribution in [0.25, 0.3) is 0 Å². The van der Waals surface area contributed by atoms with Gasteiger partial charge >= 0.3 is 0 Å². The number of amides is 2. The van der Waals surface area contributed by atoms with Crippen molar-refractivity contribution in [3.05, 3.63) is 11.8 Å². The molecule has 3 heterocycles. The zero-order chi connectivity index (χ0) is 12.0. The molecule has 90 valence electrons. The lowest BCUT2D eigenvalue weighted by molar-refractivity contribution is -0.147. The Balaban J connectivity index is 2.02. The minimum absolute atomic E-state index is 0.221. The minimum Gasteiger partial charge on any atom is -0.355 e. The highest BCUT2D eigenvalue weighted by Gasteiger charge is 2.48. The Bertz CT molecular complexity index is 462. The van der Waals surface area contributed by atoms with Gasteiger partial charge < -0.3 is 10.5 Å². The van der Waals surface area contributed by atoms with Gasteiger partial charge in [0.1, 0.15) is 18.0 Å². The molecule has 7 nitrogen and oxygen atoms in total. The van der Waals surface area contributed by atoms with E-state index in [9.17, 15) is 9.59 Å². The molecule has 2 aliphatic rings. The molecule has 3 rings (SSSR count). The second-order valence-corrected chi connectivity index (χ2v) is 4.15. The van der Waals surface area contributed by atoms with Crippen molar-refractivity contribution < 1.29 is 14.3 Å². The van der Waals surface area contributed by atoms with Gasteiger partial charge in [-0.05, 0) is 12.8 Å². The molecule has 2 amide bonds. The maximum absolute atomic E-state index is 12.1. The lowest BCUT2D eigenvalue weighted by Gasteiger charge is -2.29. The van der Waals surface area contributed by atoms with Gasteiger partial charge in [-0.3, -0.25) is 14.7 Å². The molecule has 2 fully saturated rings. The number of imide groups is 1. The Hall–Kier alpha value is -1.73. The molecule has 0 spiro atoms. The SMILES string of the molecule is NCc1cn[nH]c1N1C(=O)C2CCC(O2)C1=O. The average Bonchev–Trinajstić information content (AvgIpc) is 2.95. The number of nitrogens with one attached hydrogen (secondary N) is 1. The number of H-pyrrole nitrogens is 1. The van der Waals surface area contributed by atoms with Gasteiger partial charge in [-0.15, -0.1) is 0 Å². The zero-order valence-electron chi connectivity index (χ0n) is 9.05. The van der Waals surface area contributed by atoms with Crippen molar-refractivity contribution in [2.45, 2.75) is 31.6 Å². The fraction of sp³-hybridized carbons (Fsp3) is 0.500. The molecule has 2 unspecified atom stereocenters. The van der Waals surface area contributed by atoms with Gasteiger partial charge in [0.15, 0.2) is 0 Å². The van der Waals surface area contributed by atoms with E-state index in [1.165, 1.54) is 6.20 Å². The van der Waals surface area contributed by atoms with Crippen LogP contribution in [-0.4, -0.2) is 34.2 Å². The van der Waals surface area contributed by atoms with Crippen LogP contribution in [0, 0.1) is 0 Å². The summed E-state index contributed by atoms with van der Waals surface area (Å²) in [7, 11) is 0. The van der Waals surface area contributed by atoms with Crippen molar-refractivity contribution in [3.63, 3.8) is 0 Å². The monoisotopic (exact) mass is 236 g/mol. The number of hydrogen-bond donors (Lipinski definition) is 2. The second-order valence-electron chi connectivity index (χ2n) is 4.15. The second kappa shape index (κ2) is 3.64. The van der Waals surface area contributed by atoms with E-state index >= 15 is 0 Å². The van der Waals surface area contributed by atoms with E-state index < -0.39 is 12.2 Å². The number of hydrogen-bond acceptors (Lipinski definition) is 5. The van der Waals surface area contributed by atoms with Gasteiger partial charge in [-0.25, -0.2) is 4.90 Å². The number of fused-ring (bicyclic) bond motifs is 2. The number of aromatic amines is 1. The van der Waals surface area contributed by atoms with E-state index in [0.29, 0.717) is 24.2 Å². The molecule has 2 saturated heterocycles. The predicted octanol–water partition coefficient (Wildman–Crippen LogP) is -0.711. The first-order valence-electron chi connectivity index (χ1n) is 5.48.